The molecule has 2 aromatic rings. The molecule has 0 saturated carbocycles. The third-order valence-electron chi connectivity index (χ3n) is 2.46. The van der Waals surface area contributed by atoms with Crippen LogP contribution in [0.2, 0.25) is 0 Å². The van der Waals surface area contributed by atoms with Crippen molar-refractivity contribution in [2.75, 3.05) is 0 Å². The van der Waals surface area contributed by atoms with Crippen LogP contribution in [-0.4, -0.2) is 26.1 Å². The predicted octanol–water partition coefficient (Wildman–Crippen LogP) is 2.10. The van der Waals surface area contributed by atoms with Crippen LogP contribution < -0.4 is 4.74 Å². The number of ether oxygens (including phenoxy) is 1. The van der Waals surface area contributed by atoms with Crippen LogP contribution in [0.5, 0.6) is 11.6 Å². The average molecular weight is 247 g/mol. The number of carboxylic acids is 1. The molecule has 2 rings (SSSR count). The zero-order valence-electron chi connectivity index (χ0n) is 10.1. The maximum atomic E-state index is 11.1. The van der Waals surface area contributed by atoms with Crippen molar-refractivity contribution in [3.63, 3.8) is 0 Å². The minimum absolute atomic E-state index is 0.124. The fraction of sp³-hybridized carbons (Fsp3) is 0.250. The van der Waals surface area contributed by atoms with Gasteiger partial charge in [-0.2, -0.15) is 0 Å². The van der Waals surface area contributed by atoms with Crippen LogP contribution in [0.4, 0.5) is 0 Å². The summed E-state index contributed by atoms with van der Waals surface area (Å²) in [5.41, 5.74) is 0.987. The highest BCUT2D eigenvalue weighted by molar-refractivity contribution is 5.91. The fourth-order valence-electron chi connectivity index (χ4n) is 1.56. The van der Waals surface area contributed by atoms with Gasteiger partial charge in [-0.15, -0.1) is 5.10 Å². The van der Waals surface area contributed by atoms with Crippen molar-refractivity contribution in [2.45, 2.75) is 20.4 Å². The summed E-state index contributed by atoms with van der Waals surface area (Å²) in [6.07, 6.45) is 1.45. The Morgan fingerprint density at radius 1 is 1.50 bits per heavy atom. The van der Waals surface area contributed by atoms with E-state index in [-0.39, 0.29) is 11.3 Å². The lowest BCUT2D eigenvalue weighted by molar-refractivity contribution is 0.0694. The first-order chi connectivity index (χ1) is 8.61. The highest BCUT2D eigenvalue weighted by Crippen LogP contribution is 2.25. The van der Waals surface area contributed by atoms with Crippen molar-refractivity contribution in [2.24, 2.45) is 0 Å². The number of hydrogen-bond donors (Lipinski definition) is 1. The summed E-state index contributed by atoms with van der Waals surface area (Å²) < 4.78 is 7.09. The van der Waals surface area contributed by atoms with Crippen molar-refractivity contribution in [1.29, 1.82) is 0 Å². The molecule has 6 nitrogen and oxygen atoms in total. The van der Waals surface area contributed by atoms with Gasteiger partial charge in [0.05, 0.1) is 0 Å². The Bertz CT molecular complexity index is 578. The van der Waals surface area contributed by atoms with E-state index in [1.807, 2.05) is 13.8 Å². The summed E-state index contributed by atoms with van der Waals surface area (Å²) in [4.78, 5) is 11.1. The molecular weight excluding hydrogens is 234 g/mol. The van der Waals surface area contributed by atoms with Gasteiger partial charge in [0, 0.05) is 6.54 Å². The number of carboxylic acid groups (broad SMARTS) is 1. The van der Waals surface area contributed by atoms with Crippen molar-refractivity contribution >= 4 is 5.97 Å². The molecule has 0 bridgehead atoms. The van der Waals surface area contributed by atoms with Crippen molar-refractivity contribution in [3.8, 4) is 11.6 Å². The van der Waals surface area contributed by atoms with Gasteiger partial charge >= 0.3 is 5.97 Å². The van der Waals surface area contributed by atoms with Crippen molar-refractivity contribution < 1.29 is 14.6 Å². The number of aromatic carboxylic acids is 1. The van der Waals surface area contributed by atoms with E-state index < -0.39 is 5.97 Å². The number of aryl methyl sites for hydroxylation is 2. The van der Waals surface area contributed by atoms with E-state index in [0.29, 0.717) is 12.4 Å². The molecular formula is C12H13N3O3. The van der Waals surface area contributed by atoms with Crippen molar-refractivity contribution in [3.05, 3.63) is 35.5 Å². The molecule has 0 unspecified atom stereocenters. The SMILES string of the molecule is CCn1nncc1Oc1ccc(C)cc1C(=O)O. The Hall–Kier alpha value is -2.37. The molecule has 1 aromatic heterocycles. The molecule has 0 aliphatic heterocycles. The maximum absolute atomic E-state index is 11.1. The number of hydrogen-bond acceptors (Lipinski definition) is 4. The second-order valence-corrected chi connectivity index (χ2v) is 3.79. The van der Waals surface area contributed by atoms with Crippen molar-refractivity contribution in [1.82, 2.24) is 15.0 Å². The third kappa shape index (κ3) is 2.32. The molecule has 0 spiro atoms. The minimum atomic E-state index is -1.02. The molecule has 1 aromatic carbocycles. The van der Waals surface area contributed by atoms with E-state index in [9.17, 15) is 4.79 Å². The van der Waals surface area contributed by atoms with Gasteiger partial charge in [0.2, 0.25) is 5.88 Å². The van der Waals surface area contributed by atoms with Crippen LogP contribution >= 0.6 is 0 Å². The van der Waals surface area contributed by atoms with Crippen LogP contribution in [-0.2, 0) is 6.54 Å². The predicted molar refractivity (Wildman–Crippen MR) is 63.9 cm³/mol. The Morgan fingerprint density at radius 2 is 2.28 bits per heavy atom. The molecule has 0 fully saturated rings. The Morgan fingerprint density at radius 3 is 2.94 bits per heavy atom. The van der Waals surface area contributed by atoms with Crippen LogP contribution in [0.25, 0.3) is 0 Å². The van der Waals surface area contributed by atoms with E-state index in [4.69, 9.17) is 9.84 Å². The fourth-order valence-corrected chi connectivity index (χ4v) is 1.56. The first kappa shape index (κ1) is 12.1. The molecule has 0 aliphatic rings. The molecule has 18 heavy (non-hydrogen) atoms. The summed E-state index contributed by atoms with van der Waals surface area (Å²) in [6.45, 7) is 4.33. The number of carbonyl (C=O) groups is 1. The summed E-state index contributed by atoms with van der Waals surface area (Å²) in [6, 6.07) is 4.99. The average Bonchev–Trinajstić information content (AvgIpc) is 2.78. The van der Waals surface area contributed by atoms with Gasteiger partial charge in [0.15, 0.2) is 0 Å². The van der Waals surface area contributed by atoms with Crippen LogP contribution in [0, 0.1) is 6.92 Å². The van der Waals surface area contributed by atoms with Gasteiger partial charge in [-0.05, 0) is 26.0 Å². The molecule has 0 saturated heterocycles. The maximum Gasteiger partial charge on any atom is 0.339 e. The second kappa shape index (κ2) is 4.87. The summed E-state index contributed by atoms with van der Waals surface area (Å²) in [5.74, 6) is -0.321. The topological polar surface area (TPSA) is 77.2 Å². The Kier molecular flexibility index (Phi) is 3.27. The number of rotatable bonds is 4. The lowest BCUT2D eigenvalue weighted by Crippen LogP contribution is -2.04. The lowest BCUT2D eigenvalue weighted by atomic mass is 10.1. The summed E-state index contributed by atoms with van der Waals surface area (Å²) in [5, 5.41) is 16.7. The largest absolute Gasteiger partial charge is 0.478 e. The Labute approximate surface area is 104 Å². The van der Waals surface area contributed by atoms with Gasteiger partial charge in [-0.25, -0.2) is 9.48 Å². The molecule has 0 amide bonds. The van der Waals surface area contributed by atoms with Gasteiger partial charge in [0.1, 0.15) is 17.5 Å². The van der Waals surface area contributed by atoms with Gasteiger partial charge in [-0.3, -0.25) is 0 Å². The monoisotopic (exact) mass is 247 g/mol. The zero-order chi connectivity index (χ0) is 13.1. The normalized spacial score (nSPS) is 10.3. The quantitative estimate of drug-likeness (QED) is 0.895. The molecule has 0 radical (unpaired) electrons. The molecule has 6 heteroatoms. The van der Waals surface area contributed by atoms with E-state index >= 15 is 0 Å². The smallest absolute Gasteiger partial charge is 0.339 e. The number of aromatic nitrogens is 3. The lowest BCUT2D eigenvalue weighted by Gasteiger charge is -2.09. The number of benzene rings is 1. The standard InChI is InChI=1S/C12H13N3O3/c1-3-15-11(7-13-14-15)18-10-5-4-8(2)6-9(10)12(16)17/h4-7H,3H2,1-2H3,(H,16,17). The second-order valence-electron chi connectivity index (χ2n) is 3.79. The molecule has 94 valence electrons. The highest BCUT2D eigenvalue weighted by Gasteiger charge is 2.14. The summed E-state index contributed by atoms with van der Waals surface area (Å²) >= 11 is 0. The van der Waals surface area contributed by atoms with E-state index in [1.54, 1.807) is 22.9 Å². The van der Waals surface area contributed by atoms with Gasteiger partial charge in [0.25, 0.3) is 0 Å². The Balaban J connectivity index is 2.37. The van der Waals surface area contributed by atoms with Crippen LogP contribution in [0.15, 0.2) is 24.4 Å². The number of nitrogens with zero attached hydrogens (tertiary/aromatic N) is 3. The van der Waals surface area contributed by atoms with E-state index in [0.717, 1.165) is 5.56 Å². The zero-order valence-corrected chi connectivity index (χ0v) is 10.1. The first-order valence-electron chi connectivity index (χ1n) is 5.52. The minimum Gasteiger partial charge on any atom is -0.478 e. The molecule has 0 aliphatic carbocycles. The highest BCUT2D eigenvalue weighted by atomic mass is 16.5. The molecule has 1 heterocycles. The van der Waals surface area contributed by atoms with Crippen LogP contribution in [0.1, 0.15) is 22.8 Å². The van der Waals surface area contributed by atoms with Gasteiger partial charge in [-0.1, -0.05) is 16.8 Å². The van der Waals surface area contributed by atoms with E-state index in [1.165, 1.54) is 6.20 Å². The summed E-state index contributed by atoms with van der Waals surface area (Å²) in [7, 11) is 0. The van der Waals surface area contributed by atoms with Gasteiger partial charge < -0.3 is 9.84 Å². The first-order valence-corrected chi connectivity index (χ1v) is 5.52. The van der Waals surface area contributed by atoms with Crippen LogP contribution in [0.3, 0.4) is 0 Å². The third-order valence-corrected chi connectivity index (χ3v) is 2.46. The molecule has 0 atom stereocenters. The molecule has 1 N–H and O–H groups in total. The van der Waals surface area contributed by atoms with E-state index in [2.05, 4.69) is 10.3 Å².